The molecule has 2 heteroatoms. The molecule has 2 saturated heterocycles. The lowest BCUT2D eigenvalue weighted by atomic mass is 9.91. The summed E-state index contributed by atoms with van der Waals surface area (Å²) in [6.07, 6.45) is 14.2. The molecule has 1 aliphatic carbocycles. The molecule has 0 aromatic heterocycles. The largest absolute Gasteiger partial charge is 0.300 e. The van der Waals surface area contributed by atoms with Crippen LogP contribution < -0.4 is 0 Å². The predicted molar refractivity (Wildman–Crippen MR) is 69.0 cm³/mol. The predicted octanol–water partition coefficient (Wildman–Crippen LogP) is 3.30. The van der Waals surface area contributed by atoms with Crippen molar-refractivity contribution in [3.8, 4) is 0 Å². The van der Waals surface area contributed by atoms with Crippen LogP contribution in [0.25, 0.3) is 0 Å². The number of carbonyl (C=O) groups is 1. The van der Waals surface area contributed by atoms with Crippen LogP contribution in [-0.2, 0) is 4.79 Å². The summed E-state index contributed by atoms with van der Waals surface area (Å²) < 4.78 is 0. The van der Waals surface area contributed by atoms with Crippen LogP contribution in [-0.4, -0.2) is 28.8 Å². The third-order valence-corrected chi connectivity index (χ3v) is 5.10. The summed E-state index contributed by atoms with van der Waals surface area (Å²) in [7, 11) is 0. The Bertz CT molecular complexity index is 265. The molecule has 0 aromatic carbocycles. The Balaban J connectivity index is 1.68. The van der Waals surface area contributed by atoms with Crippen molar-refractivity contribution < 1.29 is 4.79 Å². The Kier molecular flexibility index (Phi) is 3.51. The maximum absolute atomic E-state index is 11.6. The molecule has 3 fully saturated rings. The maximum Gasteiger partial charge on any atom is 0.136 e. The first-order valence-electron chi connectivity index (χ1n) is 7.64. The summed E-state index contributed by atoms with van der Waals surface area (Å²) in [6.45, 7) is 0. The van der Waals surface area contributed by atoms with Crippen molar-refractivity contribution in [2.24, 2.45) is 0 Å². The summed E-state index contributed by atoms with van der Waals surface area (Å²) in [6, 6.07) is 2.04. The number of piperidine rings is 1. The average molecular weight is 235 g/mol. The molecule has 0 spiro atoms. The van der Waals surface area contributed by atoms with Gasteiger partial charge in [-0.1, -0.05) is 32.1 Å². The zero-order valence-corrected chi connectivity index (χ0v) is 10.9. The number of Topliss-reactive ketones (excluding diaryl/α,β-unsaturated/α-hetero) is 1. The molecule has 96 valence electrons. The highest BCUT2D eigenvalue weighted by molar-refractivity contribution is 5.81. The summed E-state index contributed by atoms with van der Waals surface area (Å²) in [5.41, 5.74) is 0. The third-order valence-electron chi connectivity index (χ3n) is 5.10. The zero-order valence-electron chi connectivity index (χ0n) is 10.9. The smallest absolute Gasteiger partial charge is 0.136 e. The fourth-order valence-electron chi connectivity index (χ4n) is 4.33. The van der Waals surface area contributed by atoms with Gasteiger partial charge in [0.2, 0.25) is 0 Å². The van der Waals surface area contributed by atoms with E-state index in [1.54, 1.807) is 0 Å². The van der Waals surface area contributed by atoms with Crippen LogP contribution in [0.5, 0.6) is 0 Å². The highest BCUT2D eigenvalue weighted by Crippen LogP contribution is 2.38. The van der Waals surface area contributed by atoms with E-state index in [1.165, 1.54) is 57.8 Å². The number of carbonyl (C=O) groups excluding carboxylic acids is 1. The molecule has 3 aliphatic rings. The lowest BCUT2D eigenvalue weighted by Crippen LogP contribution is -2.49. The summed E-state index contributed by atoms with van der Waals surface area (Å²) in [5.74, 6) is 0.527. The minimum absolute atomic E-state index is 0.527. The molecule has 0 N–H and O–H groups in total. The van der Waals surface area contributed by atoms with Gasteiger partial charge in [0.05, 0.1) is 0 Å². The normalized spacial score (nSPS) is 36.8. The molecule has 17 heavy (non-hydrogen) atoms. The molecule has 2 aliphatic heterocycles. The highest BCUT2D eigenvalue weighted by atomic mass is 16.1. The van der Waals surface area contributed by atoms with Crippen LogP contribution in [0.1, 0.15) is 70.6 Å². The molecule has 3 rings (SSSR count). The summed E-state index contributed by atoms with van der Waals surface area (Å²) in [5, 5.41) is 0. The molecule has 2 nitrogen and oxygen atoms in total. The van der Waals surface area contributed by atoms with Crippen LogP contribution in [0.15, 0.2) is 0 Å². The van der Waals surface area contributed by atoms with E-state index in [9.17, 15) is 4.79 Å². The highest BCUT2D eigenvalue weighted by Gasteiger charge is 2.42. The third kappa shape index (κ3) is 2.42. The Morgan fingerprint density at radius 3 is 1.82 bits per heavy atom. The second-order valence-corrected chi connectivity index (χ2v) is 6.28. The molecular weight excluding hydrogens is 210 g/mol. The topological polar surface area (TPSA) is 20.3 Å². The van der Waals surface area contributed by atoms with Crippen molar-refractivity contribution in [2.45, 2.75) is 88.8 Å². The Morgan fingerprint density at radius 2 is 1.24 bits per heavy atom. The first-order valence-corrected chi connectivity index (χ1v) is 7.64. The average Bonchev–Trinajstić information content (AvgIpc) is 2.53. The van der Waals surface area contributed by atoms with Gasteiger partial charge >= 0.3 is 0 Å². The van der Waals surface area contributed by atoms with Crippen LogP contribution >= 0.6 is 0 Å². The van der Waals surface area contributed by atoms with Gasteiger partial charge in [-0.2, -0.15) is 0 Å². The maximum atomic E-state index is 11.6. The Labute approximate surface area is 105 Å². The lowest BCUT2D eigenvalue weighted by Gasteiger charge is -2.41. The van der Waals surface area contributed by atoms with Crippen LogP contribution in [0, 0.1) is 0 Å². The van der Waals surface area contributed by atoms with Gasteiger partial charge in [-0.3, -0.25) is 9.69 Å². The van der Waals surface area contributed by atoms with E-state index in [1.807, 2.05) is 0 Å². The monoisotopic (exact) mass is 235 g/mol. The first kappa shape index (κ1) is 11.7. The molecule has 2 heterocycles. The second-order valence-electron chi connectivity index (χ2n) is 6.28. The molecule has 1 saturated carbocycles. The van der Waals surface area contributed by atoms with Crippen molar-refractivity contribution in [3.05, 3.63) is 0 Å². The molecule has 2 bridgehead atoms. The van der Waals surface area contributed by atoms with Gasteiger partial charge in [0.15, 0.2) is 0 Å². The molecule has 2 atom stereocenters. The van der Waals surface area contributed by atoms with E-state index in [-0.39, 0.29) is 0 Å². The van der Waals surface area contributed by atoms with E-state index in [0.29, 0.717) is 17.9 Å². The van der Waals surface area contributed by atoms with E-state index >= 15 is 0 Å². The molecule has 1 unspecified atom stereocenters. The molecular formula is C15H25NO. The number of hydrogen-bond acceptors (Lipinski definition) is 2. The van der Waals surface area contributed by atoms with Gasteiger partial charge in [-0.05, 0) is 25.7 Å². The fourth-order valence-corrected chi connectivity index (χ4v) is 4.33. The van der Waals surface area contributed by atoms with E-state index in [0.717, 1.165) is 18.9 Å². The minimum Gasteiger partial charge on any atom is -0.300 e. The quantitative estimate of drug-likeness (QED) is 0.695. The van der Waals surface area contributed by atoms with Crippen LogP contribution in [0.2, 0.25) is 0 Å². The van der Waals surface area contributed by atoms with E-state index < -0.39 is 0 Å². The number of fused-ring (bicyclic) bond motifs is 2. The minimum atomic E-state index is 0.527. The van der Waals surface area contributed by atoms with Crippen molar-refractivity contribution >= 4 is 5.78 Å². The van der Waals surface area contributed by atoms with Gasteiger partial charge in [0.1, 0.15) is 5.78 Å². The second kappa shape index (κ2) is 5.09. The van der Waals surface area contributed by atoms with E-state index in [4.69, 9.17) is 0 Å². The Morgan fingerprint density at radius 1 is 0.706 bits per heavy atom. The van der Waals surface area contributed by atoms with Crippen molar-refractivity contribution in [2.75, 3.05) is 0 Å². The molecule has 0 aromatic rings. The lowest BCUT2D eigenvalue weighted by molar-refractivity contribution is -0.124. The Hall–Kier alpha value is -0.370. The number of ketones is 1. The van der Waals surface area contributed by atoms with Gasteiger partial charge in [-0.25, -0.2) is 0 Å². The van der Waals surface area contributed by atoms with Crippen LogP contribution in [0.4, 0.5) is 0 Å². The van der Waals surface area contributed by atoms with Crippen molar-refractivity contribution in [1.82, 2.24) is 4.90 Å². The first-order chi connectivity index (χ1) is 8.34. The van der Waals surface area contributed by atoms with Gasteiger partial charge in [0, 0.05) is 31.0 Å². The van der Waals surface area contributed by atoms with Gasteiger partial charge in [-0.15, -0.1) is 0 Å². The van der Waals surface area contributed by atoms with Crippen LogP contribution in [0.3, 0.4) is 0 Å². The van der Waals surface area contributed by atoms with Crippen molar-refractivity contribution in [3.63, 3.8) is 0 Å². The van der Waals surface area contributed by atoms with Crippen molar-refractivity contribution in [1.29, 1.82) is 0 Å². The SMILES string of the molecule is O=C1CC2CC[C@@H](C1)N2C1CCCCCCC1. The van der Waals surface area contributed by atoms with E-state index in [2.05, 4.69) is 4.90 Å². The fraction of sp³-hybridized carbons (Fsp3) is 0.933. The summed E-state index contributed by atoms with van der Waals surface area (Å²) >= 11 is 0. The molecule has 0 amide bonds. The standard InChI is InChI=1S/C15H25NO/c17-15-10-13-8-9-14(11-15)16(13)12-6-4-2-1-3-5-7-12/h12-14H,1-11H2/t13-,14?/m0/s1. The zero-order chi connectivity index (χ0) is 11.7. The number of hydrogen-bond donors (Lipinski definition) is 0. The number of rotatable bonds is 1. The molecule has 0 radical (unpaired) electrons. The summed E-state index contributed by atoms with van der Waals surface area (Å²) in [4.78, 5) is 14.4. The number of nitrogens with zero attached hydrogens (tertiary/aromatic N) is 1. The van der Waals surface area contributed by atoms with Gasteiger partial charge in [0.25, 0.3) is 0 Å². The van der Waals surface area contributed by atoms with Gasteiger partial charge < -0.3 is 0 Å².